The molecule has 9 heteroatoms. The summed E-state index contributed by atoms with van der Waals surface area (Å²) >= 11 is 0. The van der Waals surface area contributed by atoms with Crippen LogP contribution in [-0.2, 0) is 4.79 Å². The molecule has 1 heterocycles. The number of halogens is 3. The van der Waals surface area contributed by atoms with Crippen LogP contribution in [-0.4, -0.2) is 66.2 Å². The summed E-state index contributed by atoms with van der Waals surface area (Å²) < 4.78 is 50.4. The summed E-state index contributed by atoms with van der Waals surface area (Å²) in [4.78, 5) is 12.7. The van der Waals surface area contributed by atoms with Gasteiger partial charge in [0.1, 0.15) is 0 Å². The van der Waals surface area contributed by atoms with Gasteiger partial charge in [-0.25, -0.2) is 0 Å². The minimum Gasteiger partial charge on any atom is -0.493 e. The predicted octanol–water partition coefficient (Wildman–Crippen LogP) is 3.50. The monoisotopic (exact) mass is 459 g/mol. The second-order valence-corrected chi connectivity index (χ2v) is 9.26. The minimum absolute atomic E-state index is 0.0391. The van der Waals surface area contributed by atoms with Crippen LogP contribution in [0.4, 0.5) is 13.2 Å². The molecule has 1 saturated heterocycles. The van der Waals surface area contributed by atoms with Crippen molar-refractivity contribution in [1.82, 2.24) is 4.90 Å². The Morgan fingerprint density at radius 3 is 2.38 bits per heavy atom. The molecule has 2 fully saturated rings. The average Bonchev–Trinajstić information content (AvgIpc) is 3.12. The van der Waals surface area contributed by atoms with E-state index in [0.29, 0.717) is 43.7 Å². The van der Waals surface area contributed by atoms with Crippen LogP contribution >= 0.6 is 0 Å². The van der Waals surface area contributed by atoms with Gasteiger partial charge in [-0.15, -0.1) is 0 Å². The molecule has 1 aliphatic heterocycles. The molecular weight excluding hydrogens is 427 g/mol. The highest BCUT2D eigenvalue weighted by atomic mass is 19.4. The summed E-state index contributed by atoms with van der Waals surface area (Å²) in [5.74, 6) is -0.557. The van der Waals surface area contributed by atoms with Crippen molar-refractivity contribution in [3.63, 3.8) is 0 Å². The van der Waals surface area contributed by atoms with E-state index >= 15 is 0 Å². The highest BCUT2D eigenvalue weighted by molar-refractivity contribution is 5.55. The van der Waals surface area contributed by atoms with Crippen molar-refractivity contribution >= 4 is 6.29 Å². The van der Waals surface area contributed by atoms with E-state index in [1.165, 1.54) is 7.11 Å². The summed E-state index contributed by atoms with van der Waals surface area (Å²) in [7, 11) is 1.50. The number of hydrogen-bond donors (Lipinski definition) is 2. The Balaban J connectivity index is 1.82. The van der Waals surface area contributed by atoms with Crippen molar-refractivity contribution in [3.8, 4) is 11.5 Å². The number of likely N-dealkylation sites (tertiary alicyclic amines) is 1. The second-order valence-electron chi connectivity index (χ2n) is 9.26. The Hall–Kier alpha value is -1.84. The van der Waals surface area contributed by atoms with Gasteiger partial charge in [0.25, 0.3) is 0 Å². The second kappa shape index (κ2) is 9.57. The van der Waals surface area contributed by atoms with Gasteiger partial charge in [0.2, 0.25) is 0 Å². The maximum absolute atomic E-state index is 13.0. The first-order valence-corrected chi connectivity index (χ1v) is 11.0. The number of nitrogens with zero attached hydrogens (tertiary/aromatic N) is 1. The lowest BCUT2D eigenvalue weighted by Crippen LogP contribution is -2.39. The fraction of sp³-hybridized carbons (Fsp3) is 0.696. The van der Waals surface area contributed by atoms with Crippen molar-refractivity contribution in [2.24, 2.45) is 11.3 Å². The number of carbonyl (C=O) groups excluding carboxylic acids is 1. The number of benzene rings is 1. The van der Waals surface area contributed by atoms with E-state index in [0.717, 1.165) is 5.56 Å². The lowest BCUT2D eigenvalue weighted by molar-refractivity contribution is -0.185. The van der Waals surface area contributed by atoms with E-state index in [1.54, 1.807) is 24.0 Å². The summed E-state index contributed by atoms with van der Waals surface area (Å²) in [6.07, 6.45) is -5.31. The van der Waals surface area contributed by atoms with E-state index in [1.807, 2.05) is 13.0 Å². The molecule has 0 radical (unpaired) electrons. The lowest BCUT2D eigenvalue weighted by atomic mass is 9.72. The molecule has 6 nitrogen and oxygen atoms in total. The van der Waals surface area contributed by atoms with Gasteiger partial charge in [-0.2, -0.15) is 13.2 Å². The van der Waals surface area contributed by atoms with Gasteiger partial charge in [-0.1, -0.05) is 13.0 Å². The molecule has 4 atom stereocenters. The van der Waals surface area contributed by atoms with Gasteiger partial charge in [-0.05, 0) is 50.3 Å². The first-order chi connectivity index (χ1) is 15.0. The molecule has 0 aromatic heterocycles. The standard InChI is InChI=1S/C23H32F3NO5/c1-14(29)22(2)13-27(21(30)12-28)11-18(22)15-4-9-19(31-3)20(10-15)32-17-7-5-16(6-8-17)23(24,25)26/h4,9-10,12,14,16-18,21,29-30H,5-8,11,13H2,1-3H3/t14-,16?,17?,18?,21?,22?/m1/s1. The van der Waals surface area contributed by atoms with Crippen LogP contribution in [0.5, 0.6) is 11.5 Å². The third-order valence-corrected chi connectivity index (χ3v) is 7.23. The predicted molar refractivity (Wildman–Crippen MR) is 112 cm³/mol. The van der Waals surface area contributed by atoms with Crippen LogP contribution in [0.2, 0.25) is 0 Å². The molecule has 3 unspecified atom stereocenters. The smallest absolute Gasteiger partial charge is 0.391 e. The number of aliphatic hydroxyl groups is 2. The number of aliphatic hydroxyl groups excluding tert-OH is 2. The van der Waals surface area contributed by atoms with E-state index < -0.39 is 29.8 Å². The quantitative estimate of drug-likeness (QED) is 0.608. The normalized spacial score (nSPS) is 31.2. The molecule has 2 aliphatic rings. The zero-order chi connectivity index (χ0) is 23.7. The fourth-order valence-electron chi connectivity index (χ4n) is 4.94. The van der Waals surface area contributed by atoms with E-state index in [2.05, 4.69) is 0 Å². The number of hydrogen-bond acceptors (Lipinski definition) is 6. The van der Waals surface area contributed by atoms with Crippen molar-refractivity contribution in [2.75, 3.05) is 20.2 Å². The molecule has 1 aliphatic carbocycles. The highest BCUT2D eigenvalue weighted by Gasteiger charge is 2.48. The van der Waals surface area contributed by atoms with E-state index in [-0.39, 0.29) is 24.9 Å². The topological polar surface area (TPSA) is 79.2 Å². The zero-order valence-electron chi connectivity index (χ0n) is 18.6. The first kappa shape index (κ1) is 24.8. The number of alkyl halides is 3. The SMILES string of the molecule is COc1ccc(C2CN(C(O)C=O)CC2(C)[C@@H](C)O)cc1OC1CCC(C(F)(F)F)CC1. The van der Waals surface area contributed by atoms with E-state index in [9.17, 15) is 28.2 Å². The van der Waals surface area contributed by atoms with Gasteiger partial charge >= 0.3 is 6.18 Å². The third kappa shape index (κ3) is 5.05. The molecule has 0 amide bonds. The molecule has 1 aromatic rings. The Bertz CT molecular complexity index is 794. The van der Waals surface area contributed by atoms with Gasteiger partial charge < -0.3 is 19.7 Å². The Morgan fingerprint density at radius 1 is 1.19 bits per heavy atom. The molecule has 3 rings (SSSR count). The lowest BCUT2D eigenvalue weighted by Gasteiger charge is -2.34. The number of carbonyl (C=O) groups is 1. The number of ether oxygens (including phenoxy) is 2. The van der Waals surface area contributed by atoms with Crippen LogP contribution in [0.15, 0.2) is 18.2 Å². The highest BCUT2D eigenvalue weighted by Crippen LogP contribution is 2.47. The van der Waals surface area contributed by atoms with Gasteiger partial charge in [0.05, 0.1) is 25.2 Å². The van der Waals surface area contributed by atoms with Crippen molar-refractivity contribution < 1.29 is 37.7 Å². The van der Waals surface area contributed by atoms with Crippen molar-refractivity contribution in [1.29, 1.82) is 0 Å². The molecule has 2 N–H and O–H groups in total. The molecule has 32 heavy (non-hydrogen) atoms. The van der Waals surface area contributed by atoms with Gasteiger partial charge in [-0.3, -0.25) is 9.69 Å². The minimum atomic E-state index is -4.17. The molecule has 0 bridgehead atoms. The maximum Gasteiger partial charge on any atom is 0.391 e. The summed E-state index contributed by atoms with van der Waals surface area (Å²) in [5.41, 5.74) is 0.217. The van der Waals surface area contributed by atoms with Crippen LogP contribution in [0, 0.1) is 11.3 Å². The first-order valence-electron chi connectivity index (χ1n) is 11.0. The Labute approximate surface area is 186 Å². The van der Waals surface area contributed by atoms with Crippen LogP contribution in [0.3, 0.4) is 0 Å². The molecule has 0 spiro atoms. The molecular formula is C23H32F3NO5. The van der Waals surface area contributed by atoms with E-state index in [4.69, 9.17) is 9.47 Å². The maximum atomic E-state index is 13.0. The average molecular weight is 460 g/mol. The summed E-state index contributed by atoms with van der Waals surface area (Å²) in [6.45, 7) is 4.29. The summed E-state index contributed by atoms with van der Waals surface area (Å²) in [5, 5.41) is 20.5. The number of methoxy groups -OCH3 is 1. The van der Waals surface area contributed by atoms with Crippen molar-refractivity contribution in [3.05, 3.63) is 23.8 Å². The van der Waals surface area contributed by atoms with Crippen LogP contribution in [0.1, 0.15) is 51.0 Å². The fourth-order valence-corrected chi connectivity index (χ4v) is 4.94. The summed E-state index contributed by atoms with van der Waals surface area (Å²) in [6, 6.07) is 5.40. The zero-order valence-corrected chi connectivity index (χ0v) is 18.6. The molecule has 1 saturated carbocycles. The number of rotatable bonds is 7. The van der Waals surface area contributed by atoms with Crippen LogP contribution in [0.25, 0.3) is 0 Å². The van der Waals surface area contributed by atoms with Crippen LogP contribution < -0.4 is 9.47 Å². The largest absolute Gasteiger partial charge is 0.493 e. The van der Waals surface area contributed by atoms with Crippen molar-refractivity contribution in [2.45, 2.75) is 70.1 Å². The molecule has 180 valence electrons. The molecule has 1 aromatic carbocycles. The Kier molecular flexibility index (Phi) is 7.41. The van der Waals surface area contributed by atoms with Gasteiger partial charge in [0.15, 0.2) is 24.0 Å². The Morgan fingerprint density at radius 2 is 1.84 bits per heavy atom. The third-order valence-electron chi connectivity index (χ3n) is 7.23. The van der Waals surface area contributed by atoms with Gasteiger partial charge in [0, 0.05) is 24.4 Å². The number of aldehydes is 1.